The minimum atomic E-state index is -4.13. The second-order valence-corrected chi connectivity index (χ2v) is 5.87. The van der Waals surface area contributed by atoms with Crippen LogP contribution in [0.2, 0.25) is 0 Å². The van der Waals surface area contributed by atoms with Crippen molar-refractivity contribution >= 4 is 16.8 Å². The molecule has 0 spiro atoms. The van der Waals surface area contributed by atoms with Crippen molar-refractivity contribution in [2.24, 2.45) is 11.7 Å². The first-order valence-electron chi connectivity index (χ1n) is 7.34. The molecular weight excluding hydrogens is 293 g/mol. The van der Waals surface area contributed by atoms with E-state index in [9.17, 15) is 18.0 Å². The Bertz CT molecular complexity index is 697. The van der Waals surface area contributed by atoms with Gasteiger partial charge in [-0.05, 0) is 37.8 Å². The standard InChI is InChI=1S/C16H17F3N2O/c17-16(18,19)11-5-7-12(8-6-11)21-13-4-2-1-3-10(13)9-14(21)15(20)22/h1-4,9,11-12H,5-8H2,(H2,20,22). The molecule has 0 bridgehead atoms. The van der Waals surface area contributed by atoms with Crippen LogP contribution in [0, 0.1) is 5.92 Å². The summed E-state index contributed by atoms with van der Waals surface area (Å²) in [6.45, 7) is 0. The number of carbonyl (C=O) groups is 1. The topological polar surface area (TPSA) is 48.0 Å². The van der Waals surface area contributed by atoms with Gasteiger partial charge in [-0.15, -0.1) is 0 Å². The first-order chi connectivity index (χ1) is 10.4. The van der Waals surface area contributed by atoms with Gasteiger partial charge in [-0.25, -0.2) is 0 Å². The van der Waals surface area contributed by atoms with E-state index in [1.54, 1.807) is 6.07 Å². The van der Waals surface area contributed by atoms with E-state index in [1.807, 2.05) is 28.8 Å². The van der Waals surface area contributed by atoms with Gasteiger partial charge in [0, 0.05) is 16.9 Å². The second kappa shape index (κ2) is 5.34. The first kappa shape index (κ1) is 14.9. The Morgan fingerprint density at radius 1 is 1.14 bits per heavy atom. The van der Waals surface area contributed by atoms with Crippen molar-refractivity contribution in [2.45, 2.75) is 37.9 Å². The number of halogens is 3. The average Bonchev–Trinajstić information content (AvgIpc) is 2.86. The molecule has 1 aliphatic rings. The lowest BCUT2D eigenvalue weighted by molar-refractivity contribution is -0.183. The summed E-state index contributed by atoms with van der Waals surface area (Å²) in [5, 5.41) is 0.884. The summed E-state index contributed by atoms with van der Waals surface area (Å²) in [4.78, 5) is 11.7. The molecule has 1 aromatic heterocycles. The Morgan fingerprint density at radius 2 is 1.77 bits per heavy atom. The fourth-order valence-electron chi connectivity index (χ4n) is 3.42. The highest BCUT2D eigenvalue weighted by Crippen LogP contribution is 2.42. The minimum Gasteiger partial charge on any atom is -0.364 e. The van der Waals surface area contributed by atoms with Crippen LogP contribution < -0.4 is 5.73 Å². The van der Waals surface area contributed by atoms with Crippen LogP contribution in [0.1, 0.15) is 42.2 Å². The number of hydrogen-bond acceptors (Lipinski definition) is 1. The molecule has 1 aromatic carbocycles. The Labute approximate surface area is 125 Å². The van der Waals surface area contributed by atoms with Crippen molar-refractivity contribution < 1.29 is 18.0 Å². The van der Waals surface area contributed by atoms with Gasteiger partial charge in [0.1, 0.15) is 5.69 Å². The maximum atomic E-state index is 12.8. The van der Waals surface area contributed by atoms with Crippen molar-refractivity contribution in [1.29, 1.82) is 0 Å². The molecule has 3 rings (SSSR count). The van der Waals surface area contributed by atoms with Crippen LogP contribution in [0.15, 0.2) is 30.3 Å². The molecule has 0 aliphatic heterocycles. The van der Waals surface area contributed by atoms with Crippen molar-refractivity contribution in [3.05, 3.63) is 36.0 Å². The number of aromatic nitrogens is 1. The third kappa shape index (κ3) is 2.58. The van der Waals surface area contributed by atoms with E-state index in [-0.39, 0.29) is 18.9 Å². The zero-order valence-electron chi connectivity index (χ0n) is 11.9. The molecule has 22 heavy (non-hydrogen) atoms. The van der Waals surface area contributed by atoms with Crippen LogP contribution in [0.3, 0.4) is 0 Å². The fourth-order valence-corrected chi connectivity index (χ4v) is 3.42. The summed E-state index contributed by atoms with van der Waals surface area (Å²) in [6.07, 6.45) is -3.12. The van der Waals surface area contributed by atoms with Crippen LogP contribution in [0.25, 0.3) is 10.9 Å². The van der Waals surface area contributed by atoms with E-state index in [0.717, 1.165) is 10.9 Å². The Hall–Kier alpha value is -1.98. The van der Waals surface area contributed by atoms with Gasteiger partial charge in [0.2, 0.25) is 0 Å². The molecule has 2 aromatic rings. The quantitative estimate of drug-likeness (QED) is 0.894. The van der Waals surface area contributed by atoms with Crippen LogP contribution >= 0.6 is 0 Å². The highest BCUT2D eigenvalue weighted by molar-refractivity contribution is 5.97. The highest BCUT2D eigenvalue weighted by atomic mass is 19.4. The number of fused-ring (bicyclic) bond motifs is 1. The van der Waals surface area contributed by atoms with E-state index >= 15 is 0 Å². The predicted molar refractivity (Wildman–Crippen MR) is 77.5 cm³/mol. The molecule has 1 amide bonds. The number of nitrogens with zero attached hydrogens (tertiary/aromatic N) is 1. The molecule has 1 saturated carbocycles. The molecule has 118 valence electrons. The number of primary amides is 1. The van der Waals surface area contributed by atoms with Crippen LogP contribution in [-0.4, -0.2) is 16.7 Å². The van der Waals surface area contributed by atoms with E-state index in [4.69, 9.17) is 5.73 Å². The predicted octanol–water partition coefficient (Wildman–Crippen LogP) is 4.03. The number of amides is 1. The van der Waals surface area contributed by atoms with Gasteiger partial charge >= 0.3 is 6.18 Å². The number of alkyl halides is 3. The van der Waals surface area contributed by atoms with Gasteiger partial charge in [-0.3, -0.25) is 4.79 Å². The highest BCUT2D eigenvalue weighted by Gasteiger charge is 2.42. The smallest absolute Gasteiger partial charge is 0.364 e. The van der Waals surface area contributed by atoms with Crippen molar-refractivity contribution in [2.75, 3.05) is 0 Å². The average molecular weight is 310 g/mol. The summed E-state index contributed by atoms with van der Waals surface area (Å²) in [6, 6.07) is 9.06. The zero-order chi connectivity index (χ0) is 15.9. The Kier molecular flexibility index (Phi) is 3.62. The van der Waals surface area contributed by atoms with E-state index in [2.05, 4.69) is 0 Å². The summed E-state index contributed by atoms with van der Waals surface area (Å²) in [5.41, 5.74) is 6.67. The minimum absolute atomic E-state index is 0.0961. The lowest BCUT2D eigenvalue weighted by Gasteiger charge is -2.31. The number of para-hydroxylation sites is 1. The molecule has 0 unspecified atom stereocenters. The van der Waals surface area contributed by atoms with Gasteiger partial charge in [0.25, 0.3) is 5.91 Å². The number of carbonyl (C=O) groups excluding carboxylic acids is 1. The van der Waals surface area contributed by atoms with Crippen molar-refractivity contribution in [1.82, 2.24) is 4.57 Å². The molecule has 1 fully saturated rings. The third-order valence-electron chi connectivity index (χ3n) is 4.53. The molecule has 3 nitrogen and oxygen atoms in total. The lowest BCUT2D eigenvalue weighted by Crippen LogP contribution is -2.30. The van der Waals surface area contributed by atoms with Gasteiger partial charge in [0.05, 0.1) is 5.92 Å². The van der Waals surface area contributed by atoms with Crippen LogP contribution in [-0.2, 0) is 0 Å². The van der Waals surface area contributed by atoms with Gasteiger partial charge < -0.3 is 10.3 Å². The largest absolute Gasteiger partial charge is 0.391 e. The van der Waals surface area contributed by atoms with Gasteiger partial charge in [-0.1, -0.05) is 18.2 Å². The summed E-state index contributed by atoms with van der Waals surface area (Å²) < 4.78 is 40.2. The fraction of sp³-hybridized carbons (Fsp3) is 0.438. The number of hydrogen-bond donors (Lipinski definition) is 1. The number of rotatable bonds is 2. The molecule has 0 saturated heterocycles. The maximum Gasteiger partial charge on any atom is 0.391 e. The lowest BCUT2D eigenvalue weighted by atomic mass is 9.85. The van der Waals surface area contributed by atoms with Gasteiger partial charge in [-0.2, -0.15) is 13.2 Å². The van der Waals surface area contributed by atoms with Crippen molar-refractivity contribution in [3.8, 4) is 0 Å². The normalized spacial score (nSPS) is 22.9. The number of nitrogens with two attached hydrogens (primary N) is 1. The molecule has 1 heterocycles. The van der Waals surface area contributed by atoms with E-state index in [1.165, 1.54) is 0 Å². The maximum absolute atomic E-state index is 12.8. The first-order valence-corrected chi connectivity index (χ1v) is 7.34. The van der Waals surface area contributed by atoms with E-state index < -0.39 is 18.0 Å². The van der Waals surface area contributed by atoms with Crippen molar-refractivity contribution in [3.63, 3.8) is 0 Å². The monoisotopic (exact) mass is 310 g/mol. The molecular formula is C16H17F3N2O. The summed E-state index contributed by atoms with van der Waals surface area (Å²) in [5.74, 6) is -1.78. The third-order valence-corrected chi connectivity index (χ3v) is 4.53. The summed E-state index contributed by atoms with van der Waals surface area (Å²) >= 11 is 0. The Balaban J connectivity index is 1.94. The molecule has 0 atom stereocenters. The van der Waals surface area contributed by atoms with Gasteiger partial charge in [0.15, 0.2) is 0 Å². The SMILES string of the molecule is NC(=O)c1cc2ccccc2n1C1CCC(C(F)(F)F)CC1. The number of benzene rings is 1. The Morgan fingerprint density at radius 3 is 2.36 bits per heavy atom. The zero-order valence-corrected chi connectivity index (χ0v) is 11.9. The van der Waals surface area contributed by atoms with Crippen LogP contribution in [0.5, 0.6) is 0 Å². The second-order valence-electron chi connectivity index (χ2n) is 5.87. The summed E-state index contributed by atoms with van der Waals surface area (Å²) in [7, 11) is 0. The molecule has 2 N–H and O–H groups in total. The molecule has 1 aliphatic carbocycles. The molecule has 6 heteroatoms. The van der Waals surface area contributed by atoms with E-state index in [0.29, 0.717) is 18.5 Å². The van der Waals surface area contributed by atoms with Crippen LogP contribution in [0.4, 0.5) is 13.2 Å². The molecule has 0 radical (unpaired) electrons.